The summed E-state index contributed by atoms with van der Waals surface area (Å²) in [4.78, 5) is 7.67. The maximum Gasteiger partial charge on any atom is 0.165 e. The molecule has 17 heavy (non-hydrogen) atoms. The van der Waals surface area contributed by atoms with Crippen molar-refractivity contribution in [2.75, 3.05) is 5.73 Å². The van der Waals surface area contributed by atoms with Crippen LogP contribution in [-0.2, 0) is 6.42 Å². The second kappa shape index (κ2) is 4.67. The molecule has 0 saturated heterocycles. The van der Waals surface area contributed by atoms with Gasteiger partial charge in [-0.1, -0.05) is 11.6 Å². The van der Waals surface area contributed by atoms with E-state index in [1.165, 1.54) is 6.20 Å². The van der Waals surface area contributed by atoms with Gasteiger partial charge >= 0.3 is 0 Å². The summed E-state index contributed by atoms with van der Waals surface area (Å²) in [6.45, 7) is 1.88. The number of pyridine rings is 2. The Morgan fingerprint density at radius 3 is 2.88 bits per heavy atom. The van der Waals surface area contributed by atoms with Crippen LogP contribution in [0.15, 0.2) is 24.7 Å². The highest BCUT2D eigenvalue weighted by Gasteiger charge is 2.10. The smallest absolute Gasteiger partial charge is 0.165 e. The number of hydrogen-bond donors (Lipinski definition) is 1. The van der Waals surface area contributed by atoms with Gasteiger partial charge < -0.3 is 5.73 Å². The van der Waals surface area contributed by atoms with E-state index in [9.17, 15) is 4.39 Å². The molecule has 0 atom stereocenters. The number of rotatable bonds is 2. The monoisotopic (exact) mass is 251 g/mol. The number of hydrogen-bond acceptors (Lipinski definition) is 3. The van der Waals surface area contributed by atoms with Gasteiger partial charge in [-0.3, -0.25) is 4.98 Å². The molecule has 5 heteroatoms. The van der Waals surface area contributed by atoms with Gasteiger partial charge in [-0.05, 0) is 29.7 Å². The van der Waals surface area contributed by atoms with Crippen LogP contribution in [0.4, 0.5) is 10.1 Å². The number of nitrogens with zero attached hydrogens (tertiary/aromatic N) is 2. The lowest BCUT2D eigenvalue weighted by atomic mass is 10.0. The zero-order valence-corrected chi connectivity index (χ0v) is 10.0. The lowest BCUT2D eigenvalue weighted by molar-refractivity contribution is 0.607. The summed E-state index contributed by atoms with van der Waals surface area (Å²) in [5.41, 5.74) is 8.62. The molecule has 0 bridgehead atoms. The van der Waals surface area contributed by atoms with Crippen molar-refractivity contribution in [3.8, 4) is 0 Å². The minimum absolute atomic E-state index is 0.114. The van der Waals surface area contributed by atoms with E-state index < -0.39 is 5.82 Å². The van der Waals surface area contributed by atoms with Gasteiger partial charge in [0.25, 0.3) is 0 Å². The summed E-state index contributed by atoms with van der Waals surface area (Å²) >= 11 is 5.62. The summed E-state index contributed by atoms with van der Waals surface area (Å²) < 4.78 is 13.7. The third kappa shape index (κ3) is 2.36. The molecule has 2 heterocycles. The van der Waals surface area contributed by atoms with Crippen LogP contribution in [0.25, 0.3) is 0 Å². The Hall–Kier alpha value is -1.68. The lowest BCUT2D eigenvalue weighted by Crippen LogP contribution is -2.00. The Labute approximate surface area is 103 Å². The van der Waals surface area contributed by atoms with E-state index in [1.54, 1.807) is 18.5 Å². The van der Waals surface area contributed by atoms with Gasteiger partial charge in [0.05, 0.1) is 11.9 Å². The highest BCUT2D eigenvalue weighted by molar-refractivity contribution is 6.29. The van der Waals surface area contributed by atoms with E-state index in [4.69, 9.17) is 17.3 Å². The average Bonchev–Trinajstić information content (AvgIpc) is 2.31. The van der Waals surface area contributed by atoms with E-state index in [0.717, 1.165) is 11.1 Å². The van der Waals surface area contributed by atoms with Gasteiger partial charge in [-0.2, -0.15) is 0 Å². The van der Waals surface area contributed by atoms with Crippen LogP contribution in [0.3, 0.4) is 0 Å². The number of nitrogen functional groups attached to an aromatic ring is 1. The summed E-state index contributed by atoms with van der Waals surface area (Å²) in [5.74, 6) is -0.490. The Bertz CT molecular complexity index is 508. The van der Waals surface area contributed by atoms with E-state index in [-0.39, 0.29) is 5.15 Å². The third-order valence-electron chi connectivity index (χ3n) is 2.67. The van der Waals surface area contributed by atoms with E-state index in [2.05, 4.69) is 9.97 Å². The largest absolute Gasteiger partial charge is 0.397 e. The number of nitrogens with two attached hydrogens (primary N) is 1. The molecule has 0 aliphatic carbocycles. The fourth-order valence-electron chi connectivity index (χ4n) is 1.56. The maximum absolute atomic E-state index is 13.7. The molecule has 88 valence electrons. The van der Waals surface area contributed by atoms with Gasteiger partial charge in [-0.15, -0.1) is 0 Å². The fraction of sp³-hybridized carbons (Fsp3) is 0.167. The van der Waals surface area contributed by atoms with Gasteiger partial charge in [0.15, 0.2) is 11.0 Å². The highest BCUT2D eigenvalue weighted by atomic mass is 35.5. The molecule has 0 aromatic carbocycles. The molecule has 0 fully saturated rings. The molecule has 2 aromatic heterocycles. The highest BCUT2D eigenvalue weighted by Crippen LogP contribution is 2.21. The quantitative estimate of drug-likeness (QED) is 0.835. The Kier molecular flexibility index (Phi) is 3.24. The second-order valence-electron chi connectivity index (χ2n) is 3.76. The lowest BCUT2D eigenvalue weighted by Gasteiger charge is -2.08. The first-order chi connectivity index (χ1) is 8.09. The molecule has 0 aliphatic heterocycles. The number of halogens is 2. The molecular weight excluding hydrogens is 241 g/mol. The molecule has 0 saturated carbocycles. The summed E-state index contributed by atoms with van der Waals surface area (Å²) in [6, 6.07) is 1.60. The van der Waals surface area contributed by atoms with Crippen LogP contribution in [0, 0.1) is 12.7 Å². The fourth-order valence-corrected chi connectivity index (χ4v) is 1.74. The molecular formula is C12H11ClFN3. The zero-order chi connectivity index (χ0) is 12.4. The SMILES string of the molecule is Cc1c(N)cncc1Cc1ccnc(Cl)c1F. The Balaban J connectivity index is 2.38. The van der Waals surface area contributed by atoms with Gasteiger partial charge in [0.2, 0.25) is 0 Å². The first-order valence-electron chi connectivity index (χ1n) is 5.07. The van der Waals surface area contributed by atoms with Crippen LogP contribution in [-0.4, -0.2) is 9.97 Å². The van der Waals surface area contributed by atoms with Crippen molar-refractivity contribution < 1.29 is 4.39 Å². The maximum atomic E-state index is 13.7. The van der Waals surface area contributed by atoms with Crippen LogP contribution in [0.5, 0.6) is 0 Å². The normalized spacial score (nSPS) is 10.5. The molecule has 0 spiro atoms. The van der Waals surface area contributed by atoms with E-state index in [0.29, 0.717) is 17.7 Å². The predicted molar refractivity (Wildman–Crippen MR) is 65.4 cm³/mol. The van der Waals surface area contributed by atoms with Crippen molar-refractivity contribution >= 4 is 17.3 Å². The topological polar surface area (TPSA) is 51.8 Å². The van der Waals surface area contributed by atoms with Crippen molar-refractivity contribution in [2.24, 2.45) is 0 Å². The van der Waals surface area contributed by atoms with Crippen molar-refractivity contribution in [1.29, 1.82) is 0 Å². The van der Waals surface area contributed by atoms with E-state index in [1.807, 2.05) is 6.92 Å². The minimum Gasteiger partial charge on any atom is -0.397 e. The standard InChI is InChI=1S/C12H11ClFN3/c1-7-9(5-16-6-10(7)15)4-8-2-3-17-12(13)11(8)14/h2-3,5-6H,4,15H2,1H3. The molecule has 2 rings (SSSR count). The van der Waals surface area contributed by atoms with Crippen molar-refractivity contribution in [3.05, 3.63) is 52.3 Å². The molecule has 0 radical (unpaired) electrons. The first-order valence-corrected chi connectivity index (χ1v) is 5.45. The molecule has 0 amide bonds. The van der Waals surface area contributed by atoms with Crippen LogP contribution in [0.1, 0.15) is 16.7 Å². The second-order valence-corrected chi connectivity index (χ2v) is 4.12. The van der Waals surface area contributed by atoms with E-state index >= 15 is 0 Å². The van der Waals surface area contributed by atoms with Gasteiger partial charge in [0.1, 0.15) is 0 Å². The average molecular weight is 252 g/mol. The zero-order valence-electron chi connectivity index (χ0n) is 9.24. The molecule has 0 aliphatic rings. The Morgan fingerprint density at radius 1 is 1.35 bits per heavy atom. The summed E-state index contributed by atoms with van der Waals surface area (Å²) in [7, 11) is 0. The van der Waals surface area contributed by atoms with Gasteiger partial charge in [-0.25, -0.2) is 9.37 Å². The molecule has 2 N–H and O–H groups in total. The van der Waals surface area contributed by atoms with Crippen molar-refractivity contribution in [1.82, 2.24) is 9.97 Å². The van der Waals surface area contributed by atoms with Crippen LogP contribution >= 0.6 is 11.6 Å². The molecule has 2 aromatic rings. The van der Waals surface area contributed by atoms with Crippen LogP contribution < -0.4 is 5.73 Å². The van der Waals surface area contributed by atoms with Gasteiger partial charge in [0, 0.05) is 18.8 Å². The summed E-state index contributed by atoms with van der Waals surface area (Å²) in [6.07, 6.45) is 5.14. The van der Waals surface area contributed by atoms with Crippen molar-refractivity contribution in [3.63, 3.8) is 0 Å². The molecule has 0 unspecified atom stereocenters. The predicted octanol–water partition coefficient (Wildman–Crippen LogP) is 2.75. The third-order valence-corrected chi connectivity index (χ3v) is 2.93. The summed E-state index contributed by atoms with van der Waals surface area (Å²) in [5, 5.41) is -0.114. The minimum atomic E-state index is -0.490. The van der Waals surface area contributed by atoms with Crippen LogP contribution in [0.2, 0.25) is 5.15 Å². The molecule has 3 nitrogen and oxygen atoms in total. The first kappa shape index (κ1) is 11.8. The Morgan fingerprint density at radius 2 is 2.12 bits per heavy atom. The number of anilines is 1. The van der Waals surface area contributed by atoms with Crippen molar-refractivity contribution in [2.45, 2.75) is 13.3 Å². The number of aromatic nitrogens is 2.